The van der Waals surface area contributed by atoms with Gasteiger partial charge in [0.1, 0.15) is 11.9 Å². The van der Waals surface area contributed by atoms with Gasteiger partial charge in [-0.05, 0) is 119 Å². The Morgan fingerprint density at radius 2 is 1.61 bits per heavy atom. The Bertz CT molecular complexity index is 2370. The monoisotopic (exact) mass is 703 g/mol. The number of nitrogens with zero attached hydrogens (tertiary/aromatic N) is 1. The number of anilines is 1. The highest BCUT2D eigenvalue weighted by Crippen LogP contribution is 2.66. The molecule has 0 N–H and O–H groups in total. The summed E-state index contributed by atoms with van der Waals surface area (Å²) in [7, 11) is 0. The summed E-state index contributed by atoms with van der Waals surface area (Å²) in [6.45, 7) is 5.14. The second-order valence-corrected chi connectivity index (χ2v) is 18.1. The number of ether oxygens (including phenoxy) is 1. The first-order valence-electron chi connectivity index (χ1n) is 20.8. The number of fused-ring (bicyclic) bond motifs is 15. The molecule has 1 fully saturated rings. The number of allylic oxidation sites excluding steroid dienone is 13. The van der Waals surface area contributed by atoms with Gasteiger partial charge in [0.25, 0.3) is 0 Å². The van der Waals surface area contributed by atoms with Crippen molar-refractivity contribution in [2.24, 2.45) is 40.9 Å². The molecular formula is C52H49NO. The zero-order valence-corrected chi connectivity index (χ0v) is 31.5. The van der Waals surface area contributed by atoms with Crippen molar-refractivity contribution in [3.63, 3.8) is 0 Å². The van der Waals surface area contributed by atoms with Crippen molar-refractivity contribution < 1.29 is 4.74 Å². The molecule has 2 nitrogen and oxygen atoms in total. The lowest BCUT2D eigenvalue weighted by atomic mass is 9.65. The first-order valence-corrected chi connectivity index (χ1v) is 20.8. The molecule has 1 saturated carbocycles. The molecule has 0 radical (unpaired) electrons. The summed E-state index contributed by atoms with van der Waals surface area (Å²) in [5, 5.41) is 0. The normalized spacial score (nSPS) is 34.9. The van der Waals surface area contributed by atoms with Crippen LogP contribution < -0.4 is 4.90 Å². The quantitative estimate of drug-likeness (QED) is 0.252. The Labute approximate surface area is 320 Å². The van der Waals surface area contributed by atoms with Gasteiger partial charge in [0, 0.05) is 40.9 Å². The summed E-state index contributed by atoms with van der Waals surface area (Å²) < 4.78 is 6.76. The Kier molecular flexibility index (Phi) is 6.63. The highest BCUT2D eigenvalue weighted by molar-refractivity contribution is 5.88. The van der Waals surface area contributed by atoms with Gasteiger partial charge in [-0.15, -0.1) is 0 Å². The van der Waals surface area contributed by atoms with E-state index in [-0.39, 0.29) is 17.4 Å². The third-order valence-electron chi connectivity index (χ3n) is 15.6. The van der Waals surface area contributed by atoms with E-state index in [4.69, 9.17) is 4.74 Å². The van der Waals surface area contributed by atoms with Crippen molar-refractivity contribution in [1.82, 2.24) is 0 Å². The maximum atomic E-state index is 6.76. The summed E-state index contributed by atoms with van der Waals surface area (Å²) in [6.07, 6.45) is 36.0. The fraction of sp³-hybridized carbons (Fsp3) is 0.346. The van der Waals surface area contributed by atoms with Gasteiger partial charge in [-0.2, -0.15) is 0 Å². The van der Waals surface area contributed by atoms with Gasteiger partial charge in [-0.3, -0.25) is 0 Å². The highest BCUT2D eigenvalue weighted by atomic mass is 16.5. The lowest BCUT2D eigenvalue weighted by Gasteiger charge is -2.42. The number of hydrogen-bond acceptors (Lipinski definition) is 2. The van der Waals surface area contributed by atoms with Crippen molar-refractivity contribution >= 4 is 5.69 Å². The largest absolute Gasteiger partial charge is 0.489 e. The van der Waals surface area contributed by atoms with E-state index in [1.807, 2.05) is 0 Å². The molecule has 0 amide bonds. The smallest absolute Gasteiger partial charge is 0.129 e. The van der Waals surface area contributed by atoms with Crippen molar-refractivity contribution in [2.45, 2.75) is 69.8 Å². The van der Waals surface area contributed by atoms with E-state index < -0.39 is 0 Å². The van der Waals surface area contributed by atoms with Crippen LogP contribution in [0.25, 0.3) is 11.1 Å². The second kappa shape index (κ2) is 11.4. The maximum Gasteiger partial charge on any atom is 0.129 e. The fourth-order valence-electron chi connectivity index (χ4n) is 13.5. The van der Waals surface area contributed by atoms with E-state index >= 15 is 0 Å². The molecule has 1 spiro atoms. The minimum atomic E-state index is -0.249. The molecule has 54 heavy (non-hydrogen) atoms. The summed E-state index contributed by atoms with van der Waals surface area (Å²) in [5.41, 5.74) is 14.3. The minimum Gasteiger partial charge on any atom is -0.489 e. The van der Waals surface area contributed by atoms with E-state index in [1.54, 1.807) is 0 Å². The molecule has 0 saturated heterocycles. The summed E-state index contributed by atoms with van der Waals surface area (Å²) in [4.78, 5) is 2.74. The molecule has 1 heterocycles. The van der Waals surface area contributed by atoms with Crippen LogP contribution in [0.15, 0.2) is 162 Å². The van der Waals surface area contributed by atoms with Crippen LogP contribution in [-0.2, 0) is 10.2 Å². The van der Waals surface area contributed by atoms with Crippen LogP contribution in [0.3, 0.4) is 0 Å². The van der Waals surface area contributed by atoms with Gasteiger partial charge in [-0.25, -0.2) is 0 Å². The van der Waals surface area contributed by atoms with Gasteiger partial charge >= 0.3 is 0 Å². The van der Waals surface area contributed by atoms with Gasteiger partial charge in [0.15, 0.2) is 0 Å². The molecule has 1 aliphatic heterocycles. The van der Waals surface area contributed by atoms with Crippen molar-refractivity contribution in [3.8, 4) is 11.1 Å². The van der Waals surface area contributed by atoms with Gasteiger partial charge < -0.3 is 9.64 Å². The summed E-state index contributed by atoms with van der Waals surface area (Å²) >= 11 is 0. The highest BCUT2D eigenvalue weighted by Gasteiger charge is 2.58. The molecule has 9 atom stereocenters. The molecular weight excluding hydrogens is 655 g/mol. The molecule has 8 aliphatic carbocycles. The first kappa shape index (κ1) is 31.5. The van der Waals surface area contributed by atoms with Crippen LogP contribution in [0.2, 0.25) is 0 Å². The zero-order chi connectivity index (χ0) is 35.8. The Hall–Kier alpha value is -4.82. The van der Waals surface area contributed by atoms with Gasteiger partial charge in [-0.1, -0.05) is 129 Å². The predicted molar refractivity (Wildman–Crippen MR) is 220 cm³/mol. The van der Waals surface area contributed by atoms with Crippen LogP contribution in [0.5, 0.6) is 0 Å². The maximum absolute atomic E-state index is 6.76. The molecule has 3 aromatic rings. The van der Waals surface area contributed by atoms with Crippen molar-refractivity contribution in [3.05, 3.63) is 185 Å². The van der Waals surface area contributed by atoms with E-state index in [2.05, 4.69) is 158 Å². The van der Waals surface area contributed by atoms with Crippen molar-refractivity contribution in [1.29, 1.82) is 0 Å². The lowest BCUT2D eigenvalue weighted by Crippen LogP contribution is -2.37. The van der Waals surface area contributed by atoms with Crippen molar-refractivity contribution in [2.75, 3.05) is 4.90 Å². The first-order chi connectivity index (χ1) is 26.5. The lowest BCUT2D eigenvalue weighted by molar-refractivity contribution is 0.154. The van der Waals surface area contributed by atoms with E-state index in [9.17, 15) is 0 Å². The third-order valence-corrected chi connectivity index (χ3v) is 15.6. The molecule has 2 heteroatoms. The average Bonchev–Trinajstić information content (AvgIpc) is 3.91. The van der Waals surface area contributed by atoms with Crippen LogP contribution in [0.1, 0.15) is 80.5 Å². The van der Waals surface area contributed by atoms with E-state index in [0.717, 1.165) is 37.5 Å². The molecule has 0 aromatic heterocycles. The van der Waals surface area contributed by atoms with Crippen LogP contribution in [0, 0.1) is 40.9 Å². The molecule has 9 unspecified atom stereocenters. The predicted octanol–water partition coefficient (Wildman–Crippen LogP) is 12.3. The molecule has 12 rings (SSSR count). The van der Waals surface area contributed by atoms with Gasteiger partial charge in [0.05, 0.1) is 11.3 Å². The number of benzene rings is 3. The van der Waals surface area contributed by atoms with Gasteiger partial charge in [0.2, 0.25) is 0 Å². The SMILES string of the molecule is CC1(C)C2C=CCCC2C2CC(N(C3=CC=CC4OC5=C(C=CCC5)C34)c3ccc4c(c3)C3(c5ccccc5-4)c4ccccc4C4C=CC=CC43)=CCC21. The Balaban J connectivity index is 1.06. The molecule has 3 aromatic carbocycles. The zero-order valence-electron chi connectivity index (χ0n) is 31.5. The minimum absolute atomic E-state index is 0.0436. The molecule has 0 bridgehead atoms. The fourth-order valence-corrected chi connectivity index (χ4v) is 13.5. The second-order valence-electron chi connectivity index (χ2n) is 18.1. The molecule has 9 aliphatic rings. The summed E-state index contributed by atoms with van der Waals surface area (Å²) in [5.74, 6) is 4.92. The Morgan fingerprint density at radius 1 is 0.759 bits per heavy atom. The third kappa shape index (κ3) is 4.02. The summed E-state index contributed by atoms with van der Waals surface area (Å²) in [6, 6.07) is 26.2. The average molecular weight is 704 g/mol. The van der Waals surface area contributed by atoms with Crippen LogP contribution in [-0.4, -0.2) is 6.10 Å². The van der Waals surface area contributed by atoms with Crippen LogP contribution in [0.4, 0.5) is 5.69 Å². The topological polar surface area (TPSA) is 12.5 Å². The van der Waals surface area contributed by atoms with Crippen LogP contribution >= 0.6 is 0 Å². The number of rotatable bonds is 3. The molecule has 268 valence electrons. The Morgan fingerprint density at radius 3 is 2.56 bits per heavy atom. The standard InChI is InChI=1S/C52H49NO/c1-51(2)41-19-8-3-17-37(41)40-30-32(27-29-42(40)51)53(47-23-13-25-49-50(47)39-18-7-12-24-48(39)54-49)33-26-28-38-36-16-6-11-22-45(36)52(46(38)31-33)43-20-9-4-14-34(43)35-15-5-10-21-44(35)52/h4-11,13-16,18-23,25-28,31,34,37,40-43,49-50H,3,12,17,24,29-30H2,1-2H3. The van der Waals surface area contributed by atoms with E-state index in [0.29, 0.717) is 29.1 Å². The van der Waals surface area contributed by atoms with E-state index in [1.165, 1.54) is 74.6 Å². The number of hydrogen-bond donors (Lipinski definition) is 0.